The van der Waals surface area contributed by atoms with Gasteiger partial charge in [0.2, 0.25) is 6.79 Å². The average molecular weight is 334 g/mol. The van der Waals surface area contributed by atoms with Gasteiger partial charge < -0.3 is 23.8 Å². The molecule has 1 atom stereocenters. The standard InChI is InChI=1S/C17H22N2O5/c1-12-5-14(18-24-12)7-19(2)8-15(20)10-21-9-13-3-4-16-17(6-13)23-11-22-16/h3-6,15,20H,7-11H2,1-2H3/t15-/m0/s1. The smallest absolute Gasteiger partial charge is 0.231 e. The van der Waals surface area contributed by atoms with Gasteiger partial charge in [0.1, 0.15) is 5.76 Å². The molecule has 0 bridgehead atoms. The van der Waals surface area contributed by atoms with E-state index in [-0.39, 0.29) is 13.4 Å². The van der Waals surface area contributed by atoms with E-state index >= 15 is 0 Å². The van der Waals surface area contributed by atoms with Crippen molar-refractivity contribution < 1.29 is 23.8 Å². The summed E-state index contributed by atoms with van der Waals surface area (Å²) in [4.78, 5) is 1.98. The maximum absolute atomic E-state index is 10.1. The lowest BCUT2D eigenvalue weighted by atomic mass is 10.2. The van der Waals surface area contributed by atoms with Crippen molar-refractivity contribution in [1.82, 2.24) is 10.1 Å². The fourth-order valence-corrected chi connectivity index (χ4v) is 2.59. The molecule has 0 radical (unpaired) electrons. The first-order valence-corrected chi connectivity index (χ1v) is 7.85. The van der Waals surface area contributed by atoms with Gasteiger partial charge in [-0.1, -0.05) is 11.2 Å². The van der Waals surface area contributed by atoms with Gasteiger partial charge in [-0.3, -0.25) is 4.90 Å². The molecule has 24 heavy (non-hydrogen) atoms. The summed E-state index contributed by atoms with van der Waals surface area (Å²) >= 11 is 0. The summed E-state index contributed by atoms with van der Waals surface area (Å²) in [6, 6.07) is 7.58. The van der Waals surface area contributed by atoms with E-state index in [0.717, 1.165) is 28.5 Å². The van der Waals surface area contributed by atoms with Gasteiger partial charge in [0, 0.05) is 19.2 Å². The molecule has 2 heterocycles. The zero-order valence-electron chi connectivity index (χ0n) is 13.9. The van der Waals surface area contributed by atoms with Crippen LogP contribution in [0.2, 0.25) is 0 Å². The maximum atomic E-state index is 10.1. The number of likely N-dealkylation sites (N-methyl/N-ethyl adjacent to an activating group) is 1. The summed E-state index contributed by atoms with van der Waals surface area (Å²) in [5, 5.41) is 14.0. The number of ether oxygens (including phenoxy) is 3. The van der Waals surface area contributed by atoms with Crippen LogP contribution in [-0.2, 0) is 17.9 Å². The van der Waals surface area contributed by atoms with Crippen LogP contribution in [-0.4, -0.2) is 48.3 Å². The second kappa shape index (κ2) is 7.65. The van der Waals surface area contributed by atoms with E-state index in [1.165, 1.54) is 0 Å². The highest BCUT2D eigenvalue weighted by Crippen LogP contribution is 2.32. The van der Waals surface area contributed by atoms with Crippen LogP contribution in [0.4, 0.5) is 0 Å². The zero-order chi connectivity index (χ0) is 16.9. The molecular weight excluding hydrogens is 312 g/mol. The molecular formula is C17H22N2O5. The second-order valence-corrected chi connectivity index (χ2v) is 5.98. The Labute approximate surface area is 140 Å². The lowest BCUT2D eigenvalue weighted by Gasteiger charge is -2.19. The summed E-state index contributed by atoms with van der Waals surface area (Å²) in [5.41, 5.74) is 1.83. The van der Waals surface area contributed by atoms with Gasteiger partial charge in [-0.05, 0) is 31.7 Å². The number of aromatic nitrogens is 1. The Kier molecular flexibility index (Phi) is 5.34. The van der Waals surface area contributed by atoms with Crippen molar-refractivity contribution >= 4 is 0 Å². The fraction of sp³-hybridized carbons (Fsp3) is 0.471. The minimum atomic E-state index is -0.572. The van der Waals surface area contributed by atoms with Crippen molar-refractivity contribution in [3.05, 3.63) is 41.3 Å². The second-order valence-electron chi connectivity index (χ2n) is 5.98. The Balaban J connectivity index is 1.38. The van der Waals surface area contributed by atoms with Gasteiger partial charge in [-0.25, -0.2) is 0 Å². The first-order valence-electron chi connectivity index (χ1n) is 7.85. The molecule has 0 saturated carbocycles. The Hall–Kier alpha value is -2.09. The highest BCUT2D eigenvalue weighted by molar-refractivity contribution is 5.44. The molecule has 7 heteroatoms. The van der Waals surface area contributed by atoms with E-state index in [1.54, 1.807) is 0 Å². The number of hydrogen-bond acceptors (Lipinski definition) is 7. The molecule has 0 spiro atoms. The summed E-state index contributed by atoms with van der Waals surface area (Å²) in [7, 11) is 1.92. The van der Waals surface area contributed by atoms with E-state index in [1.807, 2.05) is 43.1 Å². The van der Waals surface area contributed by atoms with Crippen LogP contribution in [0.1, 0.15) is 17.0 Å². The number of aliphatic hydroxyl groups excluding tert-OH is 1. The first-order chi connectivity index (χ1) is 11.6. The molecule has 0 aliphatic carbocycles. The molecule has 0 amide bonds. The highest BCUT2D eigenvalue weighted by Gasteiger charge is 2.14. The molecule has 1 aromatic carbocycles. The van der Waals surface area contributed by atoms with Crippen molar-refractivity contribution in [3.63, 3.8) is 0 Å². The number of aliphatic hydroxyl groups is 1. The van der Waals surface area contributed by atoms with Crippen LogP contribution in [0, 0.1) is 6.92 Å². The van der Waals surface area contributed by atoms with Crippen molar-refractivity contribution in [3.8, 4) is 11.5 Å². The quantitative estimate of drug-likeness (QED) is 0.787. The number of rotatable bonds is 8. The van der Waals surface area contributed by atoms with Gasteiger partial charge in [0.05, 0.1) is 25.0 Å². The number of benzene rings is 1. The summed E-state index contributed by atoms with van der Waals surface area (Å²) in [6.45, 7) is 3.91. The van der Waals surface area contributed by atoms with Gasteiger partial charge in [0.25, 0.3) is 0 Å². The Morgan fingerprint density at radius 3 is 2.92 bits per heavy atom. The Morgan fingerprint density at radius 2 is 2.12 bits per heavy atom. The fourth-order valence-electron chi connectivity index (χ4n) is 2.59. The normalized spacial score (nSPS) is 14.3. The van der Waals surface area contributed by atoms with Crippen LogP contribution in [0.25, 0.3) is 0 Å². The van der Waals surface area contributed by atoms with Gasteiger partial charge in [-0.15, -0.1) is 0 Å². The Morgan fingerprint density at radius 1 is 1.29 bits per heavy atom. The third-order valence-corrected chi connectivity index (χ3v) is 3.65. The molecule has 1 aliphatic rings. The largest absolute Gasteiger partial charge is 0.454 e. The SMILES string of the molecule is Cc1cc(CN(C)C[C@H](O)COCc2ccc3c(c2)OCO3)no1. The van der Waals surface area contributed by atoms with E-state index in [0.29, 0.717) is 19.7 Å². The molecule has 7 nitrogen and oxygen atoms in total. The highest BCUT2D eigenvalue weighted by atomic mass is 16.7. The van der Waals surface area contributed by atoms with Gasteiger partial charge in [0.15, 0.2) is 11.5 Å². The molecule has 1 N–H and O–H groups in total. The molecule has 3 rings (SSSR count). The van der Waals surface area contributed by atoms with Crippen molar-refractivity contribution in [2.45, 2.75) is 26.2 Å². The van der Waals surface area contributed by atoms with Crippen LogP contribution in [0.15, 0.2) is 28.8 Å². The zero-order valence-corrected chi connectivity index (χ0v) is 13.9. The lowest BCUT2D eigenvalue weighted by Crippen LogP contribution is -2.31. The summed E-state index contributed by atoms with van der Waals surface area (Å²) in [5.74, 6) is 2.27. The number of hydrogen-bond donors (Lipinski definition) is 1. The minimum Gasteiger partial charge on any atom is -0.454 e. The molecule has 0 saturated heterocycles. The molecule has 1 aliphatic heterocycles. The molecule has 2 aromatic rings. The van der Waals surface area contributed by atoms with Crippen molar-refractivity contribution in [2.75, 3.05) is 27.0 Å². The average Bonchev–Trinajstić information content (AvgIpc) is 3.15. The number of nitrogens with zero attached hydrogens (tertiary/aromatic N) is 2. The van der Waals surface area contributed by atoms with Crippen LogP contribution < -0.4 is 9.47 Å². The predicted octanol–water partition coefficient (Wildman–Crippen LogP) is 1.72. The molecule has 0 fully saturated rings. The Bertz CT molecular complexity index is 673. The molecule has 130 valence electrons. The van der Waals surface area contributed by atoms with Crippen molar-refractivity contribution in [2.24, 2.45) is 0 Å². The van der Waals surface area contributed by atoms with E-state index in [2.05, 4.69) is 5.16 Å². The lowest BCUT2D eigenvalue weighted by molar-refractivity contribution is 0.0124. The van der Waals surface area contributed by atoms with Crippen LogP contribution >= 0.6 is 0 Å². The minimum absolute atomic E-state index is 0.260. The predicted molar refractivity (Wildman–Crippen MR) is 85.8 cm³/mol. The molecule has 0 unspecified atom stereocenters. The van der Waals surface area contributed by atoms with E-state index in [4.69, 9.17) is 18.7 Å². The van der Waals surface area contributed by atoms with Crippen LogP contribution in [0.5, 0.6) is 11.5 Å². The summed E-state index contributed by atoms with van der Waals surface area (Å²) < 4.78 is 21.2. The van der Waals surface area contributed by atoms with E-state index < -0.39 is 6.10 Å². The number of fused-ring (bicyclic) bond motifs is 1. The maximum Gasteiger partial charge on any atom is 0.231 e. The monoisotopic (exact) mass is 334 g/mol. The van der Waals surface area contributed by atoms with E-state index in [9.17, 15) is 5.11 Å². The third kappa shape index (κ3) is 4.47. The van der Waals surface area contributed by atoms with Crippen LogP contribution in [0.3, 0.4) is 0 Å². The topological polar surface area (TPSA) is 77.2 Å². The number of aryl methyl sites for hydroxylation is 1. The van der Waals surface area contributed by atoms with Crippen molar-refractivity contribution in [1.29, 1.82) is 0 Å². The van der Waals surface area contributed by atoms with Gasteiger partial charge >= 0.3 is 0 Å². The first kappa shape index (κ1) is 16.8. The molecule has 1 aromatic heterocycles. The third-order valence-electron chi connectivity index (χ3n) is 3.65. The summed E-state index contributed by atoms with van der Waals surface area (Å²) in [6.07, 6.45) is -0.572. The van der Waals surface area contributed by atoms with Gasteiger partial charge in [-0.2, -0.15) is 0 Å².